The van der Waals surface area contributed by atoms with Crippen molar-refractivity contribution in [3.8, 4) is 0 Å². The largest absolute Gasteiger partial charge is 0.378 e. The van der Waals surface area contributed by atoms with Crippen LogP contribution in [0.15, 0.2) is 6.20 Å². The summed E-state index contributed by atoms with van der Waals surface area (Å²) in [5, 5.41) is 0. The Morgan fingerprint density at radius 2 is 2.21 bits per heavy atom. The molecular weight excluding hydrogens is 238 g/mol. The molecule has 2 aliphatic rings. The van der Waals surface area contributed by atoms with Crippen molar-refractivity contribution < 1.29 is 4.74 Å². The number of aromatic nitrogens is 2. The highest BCUT2D eigenvalue weighted by molar-refractivity contribution is 5.13. The molecule has 0 amide bonds. The van der Waals surface area contributed by atoms with E-state index in [1.807, 2.05) is 6.20 Å². The van der Waals surface area contributed by atoms with Crippen molar-refractivity contribution in [2.24, 2.45) is 5.92 Å². The van der Waals surface area contributed by atoms with Gasteiger partial charge in [-0.2, -0.15) is 0 Å². The lowest BCUT2D eigenvalue weighted by Crippen LogP contribution is -2.41. The van der Waals surface area contributed by atoms with Gasteiger partial charge >= 0.3 is 0 Å². The lowest BCUT2D eigenvalue weighted by molar-refractivity contribution is -0.0135. The van der Waals surface area contributed by atoms with Crippen LogP contribution < -0.4 is 0 Å². The molecule has 0 aromatic carbocycles. The van der Waals surface area contributed by atoms with Crippen molar-refractivity contribution in [1.29, 1.82) is 0 Å². The first-order chi connectivity index (χ1) is 9.04. The van der Waals surface area contributed by atoms with Gasteiger partial charge < -0.3 is 9.72 Å². The third-order valence-electron chi connectivity index (χ3n) is 4.15. The monoisotopic (exact) mass is 263 g/mol. The topological polar surface area (TPSA) is 41.1 Å². The number of H-pyrrole nitrogens is 1. The standard InChI is InChI=1S/C15H25N3O/c1-15(2,3)13-8-16-14(17-13)12-10-19-7-6-18(12)9-11-4-5-11/h8,11-12H,4-7,9-10H2,1-3H3,(H,16,17). The van der Waals surface area contributed by atoms with Crippen LogP contribution in [0.25, 0.3) is 0 Å². The molecule has 1 aliphatic heterocycles. The molecule has 1 atom stereocenters. The van der Waals surface area contributed by atoms with Crippen molar-refractivity contribution >= 4 is 0 Å². The molecule has 2 heterocycles. The smallest absolute Gasteiger partial charge is 0.126 e. The first kappa shape index (κ1) is 13.1. The summed E-state index contributed by atoms with van der Waals surface area (Å²) in [4.78, 5) is 10.7. The van der Waals surface area contributed by atoms with Crippen molar-refractivity contribution in [2.45, 2.75) is 45.1 Å². The van der Waals surface area contributed by atoms with E-state index >= 15 is 0 Å². The zero-order valence-corrected chi connectivity index (χ0v) is 12.3. The van der Waals surface area contributed by atoms with Crippen LogP contribution in [0.1, 0.15) is 51.2 Å². The average Bonchev–Trinajstić information content (AvgIpc) is 3.02. The Hall–Kier alpha value is -0.870. The van der Waals surface area contributed by atoms with Crippen molar-refractivity contribution in [2.75, 3.05) is 26.3 Å². The van der Waals surface area contributed by atoms with Crippen LogP contribution in [0, 0.1) is 5.92 Å². The van der Waals surface area contributed by atoms with E-state index in [0.29, 0.717) is 6.04 Å². The van der Waals surface area contributed by atoms with Gasteiger partial charge in [0.15, 0.2) is 0 Å². The molecule has 1 aromatic rings. The molecule has 0 bridgehead atoms. The Bertz CT molecular complexity index is 431. The normalized spacial score (nSPS) is 25.7. The Balaban J connectivity index is 1.75. The van der Waals surface area contributed by atoms with E-state index in [4.69, 9.17) is 4.74 Å². The zero-order valence-electron chi connectivity index (χ0n) is 12.3. The lowest BCUT2D eigenvalue weighted by Gasteiger charge is -2.34. The fourth-order valence-corrected chi connectivity index (χ4v) is 2.63. The first-order valence-electron chi connectivity index (χ1n) is 7.41. The number of nitrogens with one attached hydrogen (secondary N) is 1. The van der Waals surface area contributed by atoms with E-state index in [1.165, 1.54) is 25.1 Å². The van der Waals surface area contributed by atoms with Gasteiger partial charge in [-0.25, -0.2) is 4.98 Å². The minimum atomic E-state index is 0.127. The van der Waals surface area contributed by atoms with Crippen LogP contribution in [-0.4, -0.2) is 41.2 Å². The maximum Gasteiger partial charge on any atom is 0.126 e. The first-order valence-corrected chi connectivity index (χ1v) is 7.41. The number of imidazole rings is 1. The van der Waals surface area contributed by atoms with Crippen molar-refractivity contribution in [1.82, 2.24) is 14.9 Å². The molecule has 4 heteroatoms. The molecule has 106 valence electrons. The van der Waals surface area contributed by atoms with Gasteiger partial charge in [0.25, 0.3) is 0 Å². The molecule has 0 spiro atoms. The number of aromatic amines is 1. The highest BCUT2D eigenvalue weighted by Gasteiger charge is 2.32. The Morgan fingerprint density at radius 1 is 1.42 bits per heavy atom. The van der Waals surface area contributed by atoms with Gasteiger partial charge in [0.05, 0.1) is 19.3 Å². The summed E-state index contributed by atoms with van der Waals surface area (Å²) in [5.74, 6) is 1.99. The van der Waals surface area contributed by atoms with Gasteiger partial charge in [-0.15, -0.1) is 0 Å². The Morgan fingerprint density at radius 3 is 2.84 bits per heavy atom. The van der Waals surface area contributed by atoms with Crippen molar-refractivity contribution in [3.05, 3.63) is 17.7 Å². The molecule has 0 radical (unpaired) electrons. The van der Waals surface area contributed by atoms with Gasteiger partial charge in [0.2, 0.25) is 0 Å². The van der Waals surface area contributed by atoms with Crippen LogP contribution in [0.3, 0.4) is 0 Å². The number of hydrogen-bond donors (Lipinski definition) is 1. The lowest BCUT2D eigenvalue weighted by atomic mass is 9.93. The fourth-order valence-electron chi connectivity index (χ4n) is 2.63. The SMILES string of the molecule is CC(C)(C)c1cnc(C2COCCN2CC2CC2)[nH]1. The molecule has 1 N–H and O–H groups in total. The van der Waals surface area contributed by atoms with Gasteiger partial charge in [-0.3, -0.25) is 4.90 Å². The van der Waals surface area contributed by atoms with E-state index in [-0.39, 0.29) is 5.41 Å². The van der Waals surface area contributed by atoms with Crippen molar-refractivity contribution in [3.63, 3.8) is 0 Å². The molecule has 2 fully saturated rings. The highest BCUT2D eigenvalue weighted by Crippen LogP contribution is 2.33. The molecular formula is C15H25N3O. The van der Waals surface area contributed by atoms with Crippen LogP contribution in [0.5, 0.6) is 0 Å². The van der Waals surface area contributed by atoms with Crippen LogP contribution in [0.2, 0.25) is 0 Å². The van der Waals surface area contributed by atoms with E-state index in [1.54, 1.807) is 0 Å². The number of ether oxygens (including phenoxy) is 1. The van der Waals surface area contributed by atoms with E-state index in [9.17, 15) is 0 Å². The summed E-state index contributed by atoms with van der Waals surface area (Å²) in [7, 11) is 0. The second-order valence-corrected chi connectivity index (χ2v) is 6.96. The van der Waals surface area contributed by atoms with E-state index < -0.39 is 0 Å². The molecule has 4 nitrogen and oxygen atoms in total. The molecule has 1 aromatic heterocycles. The van der Waals surface area contributed by atoms with Gasteiger partial charge in [0.1, 0.15) is 5.82 Å². The maximum absolute atomic E-state index is 5.66. The minimum absolute atomic E-state index is 0.127. The molecule has 1 unspecified atom stereocenters. The Kier molecular flexibility index (Phi) is 3.39. The average molecular weight is 263 g/mol. The maximum atomic E-state index is 5.66. The summed E-state index contributed by atoms with van der Waals surface area (Å²) in [6.45, 7) is 10.5. The molecule has 1 aliphatic carbocycles. The molecule has 1 saturated carbocycles. The second-order valence-electron chi connectivity index (χ2n) is 6.96. The van der Waals surface area contributed by atoms with E-state index in [2.05, 4.69) is 35.6 Å². The molecule has 1 saturated heterocycles. The highest BCUT2D eigenvalue weighted by atomic mass is 16.5. The number of nitrogens with zero attached hydrogens (tertiary/aromatic N) is 2. The third kappa shape index (κ3) is 3.00. The summed E-state index contributed by atoms with van der Waals surface area (Å²) in [5.41, 5.74) is 1.33. The van der Waals surface area contributed by atoms with Gasteiger partial charge in [-0.05, 0) is 18.8 Å². The predicted octanol–water partition coefficient (Wildman–Crippen LogP) is 2.49. The van der Waals surface area contributed by atoms with Gasteiger partial charge in [0, 0.05) is 30.4 Å². The second kappa shape index (κ2) is 4.91. The fraction of sp³-hybridized carbons (Fsp3) is 0.800. The summed E-state index contributed by atoms with van der Waals surface area (Å²) in [6, 6.07) is 0.311. The number of rotatable bonds is 3. The predicted molar refractivity (Wildman–Crippen MR) is 75.1 cm³/mol. The number of morpholine rings is 1. The summed E-state index contributed by atoms with van der Waals surface area (Å²) >= 11 is 0. The summed E-state index contributed by atoms with van der Waals surface area (Å²) < 4.78 is 5.66. The van der Waals surface area contributed by atoms with Gasteiger partial charge in [-0.1, -0.05) is 20.8 Å². The molecule has 3 rings (SSSR count). The van der Waals surface area contributed by atoms with E-state index in [0.717, 1.165) is 31.5 Å². The third-order valence-corrected chi connectivity index (χ3v) is 4.15. The summed E-state index contributed by atoms with van der Waals surface area (Å²) in [6.07, 6.45) is 4.78. The minimum Gasteiger partial charge on any atom is -0.378 e. The quantitative estimate of drug-likeness (QED) is 0.911. The number of hydrogen-bond acceptors (Lipinski definition) is 3. The van der Waals surface area contributed by atoms with Crippen LogP contribution in [-0.2, 0) is 10.2 Å². The van der Waals surface area contributed by atoms with Crippen LogP contribution in [0.4, 0.5) is 0 Å². The molecule has 19 heavy (non-hydrogen) atoms. The Labute approximate surface area is 115 Å². The zero-order chi connectivity index (χ0) is 13.5. The van der Waals surface area contributed by atoms with Crippen LogP contribution >= 0.6 is 0 Å².